The molecule has 0 spiro atoms. The maximum atomic E-state index is 5.20. The Balaban J connectivity index is 0.00000300. The van der Waals surface area contributed by atoms with E-state index < -0.39 is 0 Å². The van der Waals surface area contributed by atoms with Crippen molar-refractivity contribution in [2.24, 2.45) is 4.99 Å². The number of ether oxygens (including phenoxy) is 1. The fraction of sp³-hybridized carbons (Fsp3) is 0.571. The number of nitrogens with one attached hydrogen (secondary N) is 2. The molecule has 0 amide bonds. The molecular formula is C21H33IN6O. The Morgan fingerprint density at radius 2 is 1.97 bits per heavy atom. The van der Waals surface area contributed by atoms with Crippen molar-refractivity contribution < 1.29 is 4.74 Å². The third kappa shape index (κ3) is 7.17. The summed E-state index contributed by atoms with van der Waals surface area (Å²) in [7, 11) is 1.68. The van der Waals surface area contributed by atoms with E-state index in [9.17, 15) is 0 Å². The predicted molar refractivity (Wildman–Crippen MR) is 127 cm³/mol. The van der Waals surface area contributed by atoms with Gasteiger partial charge >= 0.3 is 0 Å². The molecule has 3 rings (SSSR count). The van der Waals surface area contributed by atoms with Gasteiger partial charge in [-0.05, 0) is 43.9 Å². The molecule has 2 N–H and O–H groups in total. The van der Waals surface area contributed by atoms with Crippen LogP contribution in [0.25, 0.3) is 0 Å². The van der Waals surface area contributed by atoms with Gasteiger partial charge in [-0.3, -0.25) is 0 Å². The highest BCUT2D eigenvalue weighted by molar-refractivity contribution is 14.0. The zero-order valence-electron chi connectivity index (χ0n) is 17.5. The molecule has 7 nitrogen and oxygen atoms in total. The van der Waals surface area contributed by atoms with Crippen LogP contribution in [-0.2, 0) is 25.9 Å². The second-order valence-electron chi connectivity index (χ2n) is 7.07. The summed E-state index contributed by atoms with van der Waals surface area (Å²) < 4.78 is 7.53. The van der Waals surface area contributed by atoms with Crippen LogP contribution in [0.5, 0.6) is 5.75 Å². The zero-order valence-corrected chi connectivity index (χ0v) is 19.8. The lowest BCUT2D eigenvalue weighted by atomic mass is 10.2. The number of fused-ring (bicyclic) bond motifs is 1. The first-order valence-corrected chi connectivity index (χ1v) is 10.4. The van der Waals surface area contributed by atoms with Crippen LogP contribution in [-0.4, -0.2) is 40.9 Å². The number of guanidine groups is 1. The largest absolute Gasteiger partial charge is 0.497 e. The van der Waals surface area contributed by atoms with E-state index in [-0.39, 0.29) is 24.0 Å². The quantitative estimate of drug-likeness (QED) is 0.246. The maximum absolute atomic E-state index is 5.20. The number of hydrogen-bond acceptors (Lipinski definition) is 4. The lowest BCUT2D eigenvalue weighted by Gasteiger charge is -2.12. The molecule has 0 bridgehead atoms. The summed E-state index contributed by atoms with van der Waals surface area (Å²) in [6.45, 7) is 5.48. The van der Waals surface area contributed by atoms with Crippen LogP contribution in [0.1, 0.15) is 49.8 Å². The molecule has 8 heteroatoms. The molecule has 29 heavy (non-hydrogen) atoms. The number of rotatable bonds is 8. The van der Waals surface area contributed by atoms with Crippen LogP contribution in [0.2, 0.25) is 0 Å². The van der Waals surface area contributed by atoms with Crippen LogP contribution in [0, 0.1) is 0 Å². The SMILES string of the molecule is CCNC(=NCc1ccc(OC)cc1)NCCCc1nnc2n1CCCCC2.I. The first-order chi connectivity index (χ1) is 13.8. The summed E-state index contributed by atoms with van der Waals surface area (Å²) in [5, 5.41) is 15.5. The highest BCUT2D eigenvalue weighted by atomic mass is 127. The molecule has 2 aromatic rings. The van der Waals surface area contributed by atoms with Gasteiger partial charge in [0.2, 0.25) is 0 Å². The third-order valence-corrected chi connectivity index (χ3v) is 4.98. The molecule has 0 fully saturated rings. The van der Waals surface area contributed by atoms with Crippen molar-refractivity contribution in [1.82, 2.24) is 25.4 Å². The molecule has 0 radical (unpaired) electrons. The first-order valence-electron chi connectivity index (χ1n) is 10.4. The number of halogens is 1. The summed E-state index contributed by atoms with van der Waals surface area (Å²) in [4.78, 5) is 4.68. The molecular weight excluding hydrogens is 479 g/mol. The third-order valence-electron chi connectivity index (χ3n) is 4.98. The second kappa shape index (κ2) is 12.7. The highest BCUT2D eigenvalue weighted by Gasteiger charge is 2.14. The second-order valence-corrected chi connectivity index (χ2v) is 7.07. The number of nitrogens with zero attached hydrogens (tertiary/aromatic N) is 4. The van der Waals surface area contributed by atoms with Gasteiger partial charge in [0.25, 0.3) is 0 Å². The topological polar surface area (TPSA) is 76.4 Å². The van der Waals surface area contributed by atoms with Crippen molar-refractivity contribution >= 4 is 29.9 Å². The predicted octanol–water partition coefficient (Wildman–Crippen LogP) is 3.32. The zero-order chi connectivity index (χ0) is 19.6. The summed E-state index contributed by atoms with van der Waals surface area (Å²) >= 11 is 0. The molecule has 1 aliphatic heterocycles. The smallest absolute Gasteiger partial charge is 0.191 e. The minimum absolute atomic E-state index is 0. The number of aromatic nitrogens is 3. The first kappa shape index (κ1) is 23.4. The van der Waals surface area contributed by atoms with Gasteiger partial charge in [0.1, 0.15) is 17.4 Å². The lowest BCUT2D eigenvalue weighted by Crippen LogP contribution is -2.37. The van der Waals surface area contributed by atoms with Gasteiger partial charge < -0.3 is 19.9 Å². The van der Waals surface area contributed by atoms with Gasteiger partial charge in [0, 0.05) is 32.5 Å². The average molecular weight is 512 g/mol. The molecule has 1 aromatic heterocycles. The van der Waals surface area contributed by atoms with E-state index in [1.165, 1.54) is 19.3 Å². The Kier molecular flexibility index (Phi) is 10.2. The molecule has 0 unspecified atom stereocenters. The van der Waals surface area contributed by atoms with Crippen molar-refractivity contribution in [3.63, 3.8) is 0 Å². The van der Waals surface area contributed by atoms with E-state index in [2.05, 4.69) is 37.3 Å². The Labute approximate surface area is 190 Å². The van der Waals surface area contributed by atoms with Crippen LogP contribution in [0.4, 0.5) is 0 Å². The average Bonchev–Trinajstić information content (AvgIpc) is 2.95. The van der Waals surface area contributed by atoms with Crippen LogP contribution in [0.3, 0.4) is 0 Å². The number of hydrogen-bond donors (Lipinski definition) is 2. The number of methoxy groups -OCH3 is 1. The number of aryl methyl sites for hydroxylation is 2. The minimum Gasteiger partial charge on any atom is -0.497 e. The molecule has 0 saturated carbocycles. The summed E-state index contributed by atoms with van der Waals surface area (Å²) in [5.74, 6) is 4.00. The standard InChI is InChI=1S/C21H32N6O.HI/c1-3-22-21(24-16-17-10-12-18(28-2)13-11-17)23-14-7-9-20-26-25-19-8-5-4-6-15-27(19)20;/h10-13H,3-9,14-16H2,1-2H3,(H2,22,23,24);1H. The van der Waals surface area contributed by atoms with Gasteiger partial charge in [-0.2, -0.15) is 0 Å². The molecule has 0 atom stereocenters. The fourth-order valence-electron chi connectivity index (χ4n) is 3.43. The van der Waals surface area contributed by atoms with Crippen molar-refractivity contribution in [3.05, 3.63) is 41.5 Å². The molecule has 1 aliphatic rings. The Morgan fingerprint density at radius 1 is 1.14 bits per heavy atom. The van der Waals surface area contributed by atoms with Crippen molar-refractivity contribution in [2.75, 3.05) is 20.2 Å². The monoisotopic (exact) mass is 512 g/mol. The fourth-order valence-corrected chi connectivity index (χ4v) is 3.43. The number of aliphatic imine (C=N–C) groups is 1. The number of benzene rings is 1. The lowest BCUT2D eigenvalue weighted by molar-refractivity contribution is 0.414. The van der Waals surface area contributed by atoms with Crippen LogP contribution < -0.4 is 15.4 Å². The Hall–Kier alpha value is -1.84. The summed E-state index contributed by atoms with van der Waals surface area (Å²) in [6.07, 6.45) is 6.77. The van der Waals surface area contributed by atoms with Crippen molar-refractivity contribution in [2.45, 2.75) is 58.5 Å². The van der Waals surface area contributed by atoms with E-state index in [0.717, 1.165) is 67.8 Å². The van der Waals surface area contributed by atoms with E-state index in [0.29, 0.717) is 6.54 Å². The van der Waals surface area contributed by atoms with E-state index in [1.54, 1.807) is 7.11 Å². The molecule has 1 aromatic carbocycles. The molecule has 0 aliphatic carbocycles. The van der Waals surface area contributed by atoms with Crippen molar-refractivity contribution in [3.8, 4) is 5.75 Å². The summed E-state index contributed by atoms with van der Waals surface area (Å²) in [6, 6.07) is 8.02. The highest BCUT2D eigenvalue weighted by Crippen LogP contribution is 2.15. The molecule has 2 heterocycles. The van der Waals surface area contributed by atoms with Gasteiger partial charge in [-0.15, -0.1) is 34.2 Å². The summed E-state index contributed by atoms with van der Waals surface area (Å²) in [5.41, 5.74) is 1.16. The molecule has 0 saturated heterocycles. The van der Waals surface area contributed by atoms with Crippen LogP contribution in [0.15, 0.2) is 29.3 Å². The minimum atomic E-state index is 0. The normalized spacial score (nSPS) is 13.8. The maximum Gasteiger partial charge on any atom is 0.191 e. The van der Waals surface area contributed by atoms with Gasteiger partial charge in [-0.1, -0.05) is 18.6 Å². The Morgan fingerprint density at radius 3 is 2.72 bits per heavy atom. The van der Waals surface area contributed by atoms with Gasteiger partial charge in [0.05, 0.1) is 13.7 Å². The van der Waals surface area contributed by atoms with Gasteiger partial charge in [0.15, 0.2) is 5.96 Å². The van der Waals surface area contributed by atoms with E-state index in [1.807, 2.05) is 24.3 Å². The van der Waals surface area contributed by atoms with E-state index in [4.69, 9.17) is 4.74 Å². The van der Waals surface area contributed by atoms with Crippen molar-refractivity contribution in [1.29, 1.82) is 0 Å². The van der Waals surface area contributed by atoms with Gasteiger partial charge in [-0.25, -0.2) is 4.99 Å². The molecule has 160 valence electrons. The Bertz CT molecular complexity index is 759. The van der Waals surface area contributed by atoms with Crippen LogP contribution >= 0.6 is 24.0 Å². The van der Waals surface area contributed by atoms with E-state index >= 15 is 0 Å².